The monoisotopic (exact) mass is 257 g/mol. The first-order valence-corrected chi connectivity index (χ1v) is 7.18. The summed E-state index contributed by atoms with van der Waals surface area (Å²) in [5.41, 5.74) is 3.17. The Balaban J connectivity index is 1.97. The molecule has 2 nitrogen and oxygen atoms in total. The van der Waals surface area contributed by atoms with Crippen LogP contribution >= 0.6 is 11.3 Å². The van der Waals surface area contributed by atoms with Crippen LogP contribution in [0, 0.1) is 0 Å². The summed E-state index contributed by atoms with van der Waals surface area (Å²) in [5.74, 6) is 0.729. The Hall–Kier alpha value is -1.61. The minimum absolute atomic E-state index is 0.729. The molecule has 0 amide bonds. The van der Waals surface area contributed by atoms with Crippen molar-refractivity contribution in [2.75, 3.05) is 0 Å². The van der Waals surface area contributed by atoms with E-state index in [1.165, 1.54) is 18.4 Å². The second-order valence-corrected chi connectivity index (χ2v) is 5.35. The molecule has 0 N–H and O–H groups in total. The zero-order valence-electron chi connectivity index (χ0n) is 10.3. The van der Waals surface area contributed by atoms with Crippen molar-refractivity contribution >= 4 is 22.4 Å². The number of oxazole rings is 1. The third-order valence-corrected chi connectivity index (χ3v) is 3.86. The number of hydrogen-bond donors (Lipinski definition) is 0. The van der Waals surface area contributed by atoms with E-state index in [0.717, 1.165) is 28.3 Å². The summed E-state index contributed by atoms with van der Waals surface area (Å²) in [6, 6.07) is 10.4. The standard InChI is InChI=1S/C15H15NOS/c1-2-3-5-11-7-8-12-13(10-11)17-15(16-12)14-6-4-9-18-14/h4,6-10H,2-3,5H2,1H3. The SMILES string of the molecule is CCCCc1ccc2nc(-c3cccs3)oc2c1. The van der Waals surface area contributed by atoms with Crippen LogP contribution in [0.2, 0.25) is 0 Å². The maximum absolute atomic E-state index is 5.83. The summed E-state index contributed by atoms with van der Waals surface area (Å²) >= 11 is 1.65. The zero-order valence-corrected chi connectivity index (χ0v) is 11.2. The maximum atomic E-state index is 5.83. The summed E-state index contributed by atoms with van der Waals surface area (Å²) in [6.45, 7) is 2.21. The third kappa shape index (κ3) is 2.18. The molecule has 0 unspecified atom stereocenters. The molecule has 2 aromatic heterocycles. The molecule has 18 heavy (non-hydrogen) atoms. The normalized spacial score (nSPS) is 11.2. The first-order valence-electron chi connectivity index (χ1n) is 6.30. The summed E-state index contributed by atoms with van der Waals surface area (Å²) in [6.07, 6.45) is 3.55. The van der Waals surface area contributed by atoms with Crippen LogP contribution < -0.4 is 0 Å². The molecule has 3 rings (SSSR count). The van der Waals surface area contributed by atoms with Gasteiger partial charge in [-0.05, 0) is 42.0 Å². The largest absolute Gasteiger partial charge is 0.435 e. The highest BCUT2D eigenvalue weighted by atomic mass is 32.1. The smallest absolute Gasteiger partial charge is 0.237 e. The number of aryl methyl sites for hydroxylation is 1. The van der Waals surface area contributed by atoms with Crippen molar-refractivity contribution < 1.29 is 4.42 Å². The Bertz CT molecular complexity index is 640. The van der Waals surface area contributed by atoms with Gasteiger partial charge < -0.3 is 4.42 Å². The van der Waals surface area contributed by atoms with Crippen molar-refractivity contribution in [3.63, 3.8) is 0 Å². The highest BCUT2D eigenvalue weighted by Crippen LogP contribution is 2.28. The van der Waals surface area contributed by atoms with Gasteiger partial charge in [0, 0.05) is 0 Å². The molecule has 0 bridgehead atoms. The van der Waals surface area contributed by atoms with E-state index in [1.54, 1.807) is 11.3 Å². The second kappa shape index (κ2) is 4.94. The average molecular weight is 257 g/mol. The fourth-order valence-electron chi connectivity index (χ4n) is 2.01. The van der Waals surface area contributed by atoms with Crippen LogP contribution in [0.1, 0.15) is 25.3 Å². The fraction of sp³-hybridized carbons (Fsp3) is 0.267. The molecule has 0 saturated heterocycles. The Morgan fingerprint density at radius 3 is 3.00 bits per heavy atom. The average Bonchev–Trinajstić information content (AvgIpc) is 3.03. The van der Waals surface area contributed by atoms with Crippen molar-refractivity contribution in [1.29, 1.82) is 0 Å². The number of unbranched alkanes of at least 4 members (excludes halogenated alkanes) is 1. The summed E-state index contributed by atoms with van der Waals surface area (Å²) in [4.78, 5) is 5.60. The van der Waals surface area contributed by atoms with Crippen LogP contribution in [0.3, 0.4) is 0 Å². The molecule has 2 heterocycles. The van der Waals surface area contributed by atoms with Crippen molar-refractivity contribution in [2.45, 2.75) is 26.2 Å². The van der Waals surface area contributed by atoms with Gasteiger partial charge in [0.25, 0.3) is 0 Å². The van der Waals surface area contributed by atoms with Gasteiger partial charge in [-0.1, -0.05) is 25.5 Å². The molecule has 92 valence electrons. The van der Waals surface area contributed by atoms with E-state index in [0.29, 0.717) is 0 Å². The van der Waals surface area contributed by atoms with Crippen LogP contribution in [0.5, 0.6) is 0 Å². The Labute approximate surface area is 110 Å². The molecule has 0 aliphatic heterocycles. The molecular weight excluding hydrogens is 242 g/mol. The molecule has 3 aromatic rings. The van der Waals surface area contributed by atoms with E-state index in [1.807, 2.05) is 17.5 Å². The van der Waals surface area contributed by atoms with Gasteiger partial charge in [-0.2, -0.15) is 0 Å². The lowest BCUT2D eigenvalue weighted by molar-refractivity contribution is 0.621. The highest BCUT2D eigenvalue weighted by Gasteiger charge is 2.09. The van der Waals surface area contributed by atoms with Crippen molar-refractivity contribution in [1.82, 2.24) is 4.98 Å². The predicted molar refractivity (Wildman–Crippen MR) is 75.9 cm³/mol. The van der Waals surface area contributed by atoms with Crippen LogP contribution in [-0.2, 0) is 6.42 Å². The molecule has 0 aliphatic rings. The molecule has 0 radical (unpaired) electrons. The van der Waals surface area contributed by atoms with Crippen LogP contribution in [0.25, 0.3) is 21.9 Å². The first-order chi connectivity index (χ1) is 8.86. The van der Waals surface area contributed by atoms with Crippen LogP contribution in [0.15, 0.2) is 40.1 Å². The second-order valence-electron chi connectivity index (χ2n) is 4.40. The van der Waals surface area contributed by atoms with E-state index >= 15 is 0 Å². The first kappa shape index (κ1) is 11.5. The van der Waals surface area contributed by atoms with Gasteiger partial charge in [-0.3, -0.25) is 0 Å². The molecule has 0 spiro atoms. The molecule has 1 aromatic carbocycles. The van der Waals surface area contributed by atoms with Crippen LogP contribution in [-0.4, -0.2) is 4.98 Å². The summed E-state index contributed by atoms with van der Waals surface area (Å²) < 4.78 is 5.83. The van der Waals surface area contributed by atoms with Gasteiger partial charge in [0.2, 0.25) is 5.89 Å². The minimum Gasteiger partial charge on any atom is -0.435 e. The number of aromatic nitrogens is 1. The van der Waals surface area contributed by atoms with E-state index in [4.69, 9.17) is 4.42 Å². The Kier molecular flexibility index (Phi) is 3.15. The molecule has 0 saturated carbocycles. The lowest BCUT2D eigenvalue weighted by Crippen LogP contribution is -1.83. The summed E-state index contributed by atoms with van der Waals surface area (Å²) in [5, 5.41) is 2.04. The van der Waals surface area contributed by atoms with E-state index in [-0.39, 0.29) is 0 Å². The number of hydrogen-bond acceptors (Lipinski definition) is 3. The fourth-order valence-corrected chi connectivity index (χ4v) is 2.66. The molecule has 3 heteroatoms. The minimum atomic E-state index is 0.729. The van der Waals surface area contributed by atoms with Crippen molar-refractivity contribution in [3.8, 4) is 10.8 Å². The molecule has 0 fully saturated rings. The topological polar surface area (TPSA) is 26.0 Å². The highest BCUT2D eigenvalue weighted by molar-refractivity contribution is 7.13. The van der Waals surface area contributed by atoms with Crippen molar-refractivity contribution in [2.24, 2.45) is 0 Å². The van der Waals surface area contributed by atoms with Gasteiger partial charge in [0.15, 0.2) is 5.58 Å². The van der Waals surface area contributed by atoms with E-state index in [2.05, 4.69) is 30.1 Å². The predicted octanol–water partition coefficient (Wildman–Crippen LogP) is 4.90. The Morgan fingerprint density at radius 2 is 2.22 bits per heavy atom. The maximum Gasteiger partial charge on any atom is 0.237 e. The van der Waals surface area contributed by atoms with Crippen LogP contribution in [0.4, 0.5) is 0 Å². The lowest BCUT2D eigenvalue weighted by Gasteiger charge is -1.97. The van der Waals surface area contributed by atoms with E-state index in [9.17, 15) is 0 Å². The van der Waals surface area contributed by atoms with Gasteiger partial charge in [0.1, 0.15) is 5.52 Å². The number of rotatable bonds is 4. The van der Waals surface area contributed by atoms with Gasteiger partial charge in [0.05, 0.1) is 4.88 Å². The number of nitrogens with zero attached hydrogens (tertiary/aromatic N) is 1. The number of benzene rings is 1. The lowest BCUT2D eigenvalue weighted by atomic mass is 10.1. The Morgan fingerprint density at radius 1 is 1.28 bits per heavy atom. The molecule has 0 aliphatic carbocycles. The molecule has 0 atom stereocenters. The number of thiophene rings is 1. The molecular formula is C15H15NOS. The van der Waals surface area contributed by atoms with Gasteiger partial charge >= 0.3 is 0 Å². The van der Waals surface area contributed by atoms with E-state index < -0.39 is 0 Å². The quantitative estimate of drug-likeness (QED) is 0.664. The van der Waals surface area contributed by atoms with Gasteiger partial charge in [-0.25, -0.2) is 4.98 Å². The van der Waals surface area contributed by atoms with Gasteiger partial charge in [-0.15, -0.1) is 11.3 Å². The summed E-state index contributed by atoms with van der Waals surface area (Å²) in [7, 11) is 0. The zero-order chi connectivity index (χ0) is 12.4. The third-order valence-electron chi connectivity index (χ3n) is 3.00. The van der Waals surface area contributed by atoms with Crippen molar-refractivity contribution in [3.05, 3.63) is 41.3 Å². The number of fused-ring (bicyclic) bond motifs is 1.